The predicted octanol–water partition coefficient (Wildman–Crippen LogP) is 1.71. The lowest BCUT2D eigenvalue weighted by Crippen LogP contribution is -1.94. The SMILES string of the molecule is Nc1ccc(-c2nn3c(C4CC4)nnc3s2)cn1. The Morgan fingerprint density at radius 2 is 2.17 bits per heavy atom. The number of anilines is 1. The highest BCUT2D eigenvalue weighted by molar-refractivity contribution is 7.19. The molecule has 0 amide bonds. The van der Waals surface area contributed by atoms with Crippen LogP contribution in [0.25, 0.3) is 15.5 Å². The number of nitrogens with zero attached hydrogens (tertiary/aromatic N) is 5. The van der Waals surface area contributed by atoms with Crippen molar-refractivity contribution in [1.82, 2.24) is 24.8 Å². The first-order chi connectivity index (χ1) is 8.81. The summed E-state index contributed by atoms with van der Waals surface area (Å²) < 4.78 is 1.86. The fraction of sp³-hybridized carbons (Fsp3) is 0.273. The molecule has 1 aliphatic rings. The second kappa shape index (κ2) is 3.49. The van der Waals surface area contributed by atoms with E-state index in [0.717, 1.165) is 21.4 Å². The molecule has 1 saturated carbocycles. The third-order valence-electron chi connectivity index (χ3n) is 2.99. The van der Waals surface area contributed by atoms with Crippen molar-refractivity contribution >= 4 is 22.1 Å². The highest BCUT2D eigenvalue weighted by Crippen LogP contribution is 2.39. The highest BCUT2D eigenvalue weighted by atomic mass is 32.1. The van der Waals surface area contributed by atoms with Crippen LogP contribution in [0.15, 0.2) is 18.3 Å². The number of nitrogen functional groups attached to an aromatic ring is 1. The summed E-state index contributed by atoms with van der Waals surface area (Å²) in [5.41, 5.74) is 6.54. The molecule has 0 radical (unpaired) electrons. The van der Waals surface area contributed by atoms with Gasteiger partial charge < -0.3 is 5.73 Å². The normalized spacial score (nSPS) is 15.3. The minimum atomic E-state index is 0.514. The molecule has 3 heterocycles. The Kier molecular flexibility index (Phi) is 1.93. The number of aromatic nitrogens is 5. The summed E-state index contributed by atoms with van der Waals surface area (Å²) in [6.07, 6.45) is 4.12. The average Bonchev–Trinajstić information content (AvgIpc) is 3.00. The van der Waals surface area contributed by atoms with Crippen molar-refractivity contribution in [3.8, 4) is 10.6 Å². The van der Waals surface area contributed by atoms with Gasteiger partial charge in [0.15, 0.2) is 5.82 Å². The molecule has 1 fully saturated rings. The molecule has 3 aromatic rings. The molecular weight excluding hydrogens is 248 g/mol. The Balaban J connectivity index is 1.83. The number of hydrogen-bond donors (Lipinski definition) is 1. The zero-order valence-electron chi connectivity index (χ0n) is 9.45. The first kappa shape index (κ1) is 9.95. The minimum absolute atomic E-state index is 0.514. The molecule has 0 aromatic carbocycles. The van der Waals surface area contributed by atoms with Gasteiger partial charge in [0.2, 0.25) is 4.96 Å². The first-order valence-electron chi connectivity index (χ1n) is 5.75. The molecule has 0 spiro atoms. The van der Waals surface area contributed by atoms with Crippen molar-refractivity contribution in [2.75, 3.05) is 5.73 Å². The van der Waals surface area contributed by atoms with E-state index >= 15 is 0 Å². The number of rotatable bonds is 2. The lowest BCUT2D eigenvalue weighted by atomic mass is 10.3. The van der Waals surface area contributed by atoms with Gasteiger partial charge in [0.25, 0.3) is 0 Å². The zero-order chi connectivity index (χ0) is 12.1. The molecule has 0 unspecified atom stereocenters. The van der Waals surface area contributed by atoms with Crippen LogP contribution in [0.4, 0.5) is 5.82 Å². The van der Waals surface area contributed by atoms with Crippen LogP contribution in [0.2, 0.25) is 0 Å². The van der Waals surface area contributed by atoms with E-state index in [2.05, 4.69) is 20.3 Å². The predicted molar refractivity (Wildman–Crippen MR) is 68.3 cm³/mol. The highest BCUT2D eigenvalue weighted by Gasteiger charge is 2.30. The van der Waals surface area contributed by atoms with Gasteiger partial charge in [-0.2, -0.15) is 9.61 Å². The van der Waals surface area contributed by atoms with Gasteiger partial charge in [0.05, 0.1) is 0 Å². The molecule has 7 heteroatoms. The van der Waals surface area contributed by atoms with Crippen LogP contribution in [0, 0.1) is 0 Å². The maximum Gasteiger partial charge on any atom is 0.234 e. The monoisotopic (exact) mass is 258 g/mol. The molecule has 0 bridgehead atoms. The summed E-state index contributed by atoms with van der Waals surface area (Å²) in [7, 11) is 0. The quantitative estimate of drug-likeness (QED) is 0.756. The largest absolute Gasteiger partial charge is 0.384 e. The summed E-state index contributed by atoms with van der Waals surface area (Å²) in [4.78, 5) is 4.92. The average molecular weight is 258 g/mol. The molecular formula is C11H10N6S. The minimum Gasteiger partial charge on any atom is -0.384 e. The van der Waals surface area contributed by atoms with Crippen molar-refractivity contribution in [2.45, 2.75) is 18.8 Å². The van der Waals surface area contributed by atoms with Crippen molar-refractivity contribution in [3.05, 3.63) is 24.2 Å². The van der Waals surface area contributed by atoms with E-state index in [1.54, 1.807) is 12.3 Å². The molecule has 6 nitrogen and oxygen atoms in total. The summed E-state index contributed by atoms with van der Waals surface area (Å²) in [5.74, 6) is 2.04. The lowest BCUT2D eigenvalue weighted by Gasteiger charge is -1.95. The second-order valence-corrected chi connectivity index (χ2v) is 5.36. The summed E-state index contributed by atoms with van der Waals surface area (Å²) in [6.45, 7) is 0. The number of fused-ring (bicyclic) bond motifs is 1. The molecule has 18 heavy (non-hydrogen) atoms. The van der Waals surface area contributed by atoms with Crippen LogP contribution >= 0.6 is 11.3 Å². The van der Waals surface area contributed by atoms with E-state index in [4.69, 9.17) is 5.73 Å². The topological polar surface area (TPSA) is 82.0 Å². The van der Waals surface area contributed by atoms with Crippen molar-refractivity contribution < 1.29 is 0 Å². The van der Waals surface area contributed by atoms with E-state index < -0.39 is 0 Å². The second-order valence-electron chi connectivity index (χ2n) is 4.41. The maximum absolute atomic E-state index is 5.58. The summed E-state index contributed by atoms with van der Waals surface area (Å²) in [6, 6.07) is 3.70. The molecule has 0 atom stereocenters. The van der Waals surface area contributed by atoms with Gasteiger partial charge in [-0.1, -0.05) is 11.3 Å². The molecule has 3 aromatic heterocycles. The molecule has 2 N–H and O–H groups in total. The van der Waals surface area contributed by atoms with Crippen molar-refractivity contribution in [3.63, 3.8) is 0 Å². The number of hydrogen-bond acceptors (Lipinski definition) is 6. The standard InChI is InChI=1S/C11H10N6S/c12-8-4-3-7(5-13-8)10-16-17-9(6-1-2-6)14-15-11(17)18-10/h3-6H,1-2H2,(H2,12,13). The van der Waals surface area contributed by atoms with Crippen LogP contribution in [0.3, 0.4) is 0 Å². The molecule has 90 valence electrons. The van der Waals surface area contributed by atoms with E-state index in [-0.39, 0.29) is 0 Å². The fourth-order valence-corrected chi connectivity index (χ4v) is 2.71. The third-order valence-corrected chi connectivity index (χ3v) is 3.94. The van der Waals surface area contributed by atoms with Gasteiger partial charge in [0, 0.05) is 17.7 Å². The Morgan fingerprint density at radius 1 is 1.28 bits per heavy atom. The van der Waals surface area contributed by atoms with E-state index in [1.807, 2.05) is 10.6 Å². The number of pyridine rings is 1. The molecule has 0 aliphatic heterocycles. The summed E-state index contributed by atoms with van der Waals surface area (Å²) >= 11 is 1.52. The maximum atomic E-state index is 5.58. The van der Waals surface area contributed by atoms with Crippen LogP contribution in [0.5, 0.6) is 0 Å². The van der Waals surface area contributed by atoms with Gasteiger partial charge >= 0.3 is 0 Å². The lowest BCUT2D eigenvalue weighted by molar-refractivity contribution is 0.828. The molecule has 4 rings (SSSR count). The zero-order valence-corrected chi connectivity index (χ0v) is 10.3. The van der Waals surface area contributed by atoms with Gasteiger partial charge in [-0.3, -0.25) is 0 Å². The van der Waals surface area contributed by atoms with Gasteiger partial charge in [-0.25, -0.2) is 4.98 Å². The Morgan fingerprint density at radius 3 is 2.89 bits per heavy atom. The van der Waals surface area contributed by atoms with Crippen LogP contribution in [-0.4, -0.2) is 24.8 Å². The van der Waals surface area contributed by atoms with Gasteiger partial charge in [-0.05, 0) is 25.0 Å². The van der Waals surface area contributed by atoms with Crippen molar-refractivity contribution in [1.29, 1.82) is 0 Å². The Hall–Kier alpha value is -2.02. The molecule has 1 aliphatic carbocycles. The van der Waals surface area contributed by atoms with Crippen molar-refractivity contribution in [2.24, 2.45) is 0 Å². The number of nitrogens with two attached hydrogens (primary N) is 1. The Labute approximate surface area is 106 Å². The fourth-order valence-electron chi connectivity index (χ4n) is 1.88. The van der Waals surface area contributed by atoms with E-state index in [0.29, 0.717) is 11.7 Å². The first-order valence-corrected chi connectivity index (χ1v) is 6.57. The van der Waals surface area contributed by atoms with Crippen LogP contribution in [0.1, 0.15) is 24.6 Å². The van der Waals surface area contributed by atoms with Gasteiger partial charge in [0.1, 0.15) is 10.8 Å². The molecule has 0 saturated heterocycles. The van der Waals surface area contributed by atoms with Crippen LogP contribution < -0.4 is 5.73 Å². The third kappa shape index (κ3) is 1.47. The van der Waals surface area contributed by atoms with Crippen LogP contribution in [-0.2, 0) is 0 Å². The Bertz CT molecular complexity index is 709. The van der Waals surface area contributed by atoms with E-state index in [1.165, 1.54) is 24.2 Å². The smallest absolute Gasteiger partial charge is 0.234 e. The summed E-state index contributed by atoms with van der Waals surface area (Å²) in [5, 5.41) is 13.8. The van der Waals surface area contributed by atoms with E-state index in [9.17, 15) is 0 Å². The van der Waals surface area contributed by atoms with Gasteiger partial charge in [-0.15, -0.1) is 10.2 Å².